The highest BCUT2D eigenvalue weighted by molar-refractivity contribution is 6.31. The molecule has 2 N–H and O–H groups in total. The van der Waals surface area contributed by atoms with Crippen LogP contribution in [0.4, 0.5) is 4.39 Å². The van der Waals surface area contributed by atoms with Crippen LogP contribution < -0.4 is 0 Å². The van der Waals surface area contributed by atoms with Gasteiger partial charge in [-0.3, -0.25) is 0 Å². The molecule has 0 fully saturated rings. The summed E-state index contributed by atoms with van der Waals surface area (Å²) in [4.78, 5) is 0. The van der Waals surface area contributed by atoms with Crippen molar-refractivity contribution in [2.75, 3.05) is 0 Å². The summed E-state index contributed by atoms with van der Waals surface area (Å²) < 4.78 is 13.1. The molecule has 84 valence electrons. The van der Waals surface area contributed by atoms with Crippen LogP contribution in [0.2, 0.25) is 5.02 Å². The SMILES string of the molecule is CC(C)(O)C(O)Cc1cccc(F)c1Cl. The van der Waals surface area contributed by atoms with E-state index in [1.54, 1.807) is 6.07 Å². The summed E-state index contributed by atoms with van der Waals surface area (Å²) in [5, 5.41) is 19.1. The Morgan fingerprint density at radius 1 is 1.47 bits per heavy atom. The molecule has 1 aromatic rings. The van der Waals surface area contributed by atoms with Gasteiger partial charge in [-0.05, 0) is 25.5 Å². The average molecular weight is 233 g/mol. The number of benzene rings is 1. The van der Waals surface area contributed by atoms with Gasteiger partial charge in [0.2, 0.25) is 0 Å². The van der Waals surface area contributed by atoms with E-state index >= 15 is 0 Å². The van der Waals surface area contributed by atoms with Gasteiger partial charge in [0.15, 0.2) is 0 Å². The van der Waals surface area contributed by atoms with Crippen LogP contribution in [0.25, 0.3) is 0 Å². The van der Waals surface area contributed by atoms with Crippen molar-refractivity contribution in [3.63, 3.8) is 0 Å². The summed E-state index contributed by atoms with van der Waals surface area (Å²) in [5.41, 5.74) is -0.735. The Morgan fingerprint density at radius 3 is 2.60 bits per heavy atom. The van der Waals surface area contributed by atoms with Gasteiger partial charge < -0.3 is 10.2 Å². The summed E-state index contributed by atoms with van der Waals surface area (Å²) in [6, 6.07) is 4.40. The van der Waals surface area contributed by atoms with Gasteiger partial charge in [-0.25, -0.2) is 4.39 Å². The number of halogens is 2. The van der Waals surface area contributed by atoms with E-state index in [4.69, 9.17) is 11.6 Å². The molecule has 0 radical (unpaired) electrons. The van der Waals surface area contributed by atoms with Crippen molar-refractivity contribution < 1.29 is 14.6 Å². The third kappa shape index (κ3) is 3.16. The summed E-state index contributed by atoms with van der Waals surface area (Å²) in [5.74, 6) is -0.517. The van der Waals surface area contributed by atoms with E-state index in [1.165, 1.54) is 26.0 Å². The van der Waals surface area contributed by atoms with E-state index < -0.39 is 17.5 Å². The Bertz CT molecular complexity index is 347. The van der Waals surface area contributed by atoms with E-state index in [-0.39, 0.29) is 11.4 Å². The third-order valence-electron chi connectivity index (χ3n) is 2.26. The first-order valence-electron chi connectivity index (χ1n) is 4.65. The van der Waals surface area contributed by atoms with Gasteiger partial charge in [0.05, 0.1) is 16.7 Å². The Morgan fingerprint density at radius 2 is 2.07 bits per heavy atom. The van der Waals surface area contributed by atoms with E-state index in [9.17, 15) is 14.6 Å². The van der Waals surface area contributed by atoms with Crippen LogP contribution in [0, 0.1) is 5.82 Å². The molecule has 0 spiro atoms. The smallest absolute Gasteiger partial charge is 0.142 e. The fourth-order valence-corrected chi connectivity index (χ4v) is 1.37. The van der Waals surface area contributed by atoms with Crippen molar-refractivity contribution in [3.8, 4) is 0 Å². The maximum Gasteiger partial charge on any atom is 0.142 e. The molecule has 1 atom stereocenters. The fraction of sp³-hybridized carbons (Fsp3) is 0.455. The Hall–Kier alpha value is -0.640. The lowest BCUT2D eigenvalue weighted by Crippen LogP contribution is -2.37. The van der Waals surface area contributed by atoms with Gasteiger partial charge in [-0.15, -0.1) is 0 Å². The molecule has 0 saturated carbocycles. The van der Waals surface area contributed by atoms with Crippen molar-refractivity contribution in [1.29, 1.82) is 0 Å². The summed E-state index contributed by atoms with van der Waals surface area (Å²) in [6.07, 6.45) is -0.850. The highest BCUT2D eigenvalue weighted by Crippen LogP contribution is 2.23. The molecule has 0 aliphatic carbocycles. The quantitative estimate of drug-likeness (QED) is 0.839. The lowest BCUT2D eigenvalue weighted by atomic mass is 9.95. The van der Waals surface area contributed by atoms with E-state index in [2.05, 4.69) is 0 Å². The third-order valence-corrected chi connectivity index (χ3v) is 2.68. The van der Waals surface area contributed by atoms with Crippen LogP contribution in [0.5, 0.6) is 0 Å². The predicted molar refractivity (Wildman–Crippen MR) is 57.4 cm³/mol. The first kappa shape index (κ1) is 12.4. The van der Waals surface area contributed by atoms with Gasteiger partial charge >= 0.3 is 0 Å². The molecule has 0 aliphatic rings. The van der Waals surface area contributed by atoms with Gasteiger partial charge in [0, 0.05) is 6.42 Å². The average Bonchev–Trinajstić information content (AvgIpc) is 2.11. The molecule has 0 aromatic heterocycles. The molecule has 15 heavy (non-hydrogen) atoms. The molecule has 1 aromatic carbocycles. The zero-order chi connectivity index (χ0) is 11.6. The van der Waals surface area contributed by atoms with Crippen LogP contribution in [0.15, 0.2) is 18.2 Å². The molecule has 0 bridgehead atoms. The van der Waals surface area contributed by atoms with Gasteiger partial charge in [-0.1, -0.05) is 23.7 Å². The number of aliphatic hydroxyl groups is 2. The minimum atomic E-state index is -1.23. The van der Waals surface area contributed by atoms with Crippen LogP contribution >= 0.6 is 11.6 Å². The molecule has 1 unspecified atom stereocenters. The van der Waals surface area contributed by atoms with E-state index in [0.29, 0.717) is 5.56 Å². The number of aliphatic hydroxyl groups excluding tert-OH is 1. The van der Waals surface area contributed by atoms with Crippen molar-refractivity contribution in [2.45, 2.75) is 32.0 Å². The zero-order valence-electron chi connectivity index (χ0n) is 8.67. The summed E-state index contributed by atoms with van der Waals surface area (Å²) in [7, 11) is 0. The van der Waals surface area contributed by atoms with Crippen LogP contribution in [-0.2, 0) is 6.42 Å². The number of hydrogen-bond donors (Lipinski definition) is 2. The second-order valence-corrected chi connectivity index (χ2v) is 4.46. The monoisotopic (exact) mass is 232 g/mol. The van der Waals surface area contributed by atoms with Crippen molar-refractivity contribution in [1.82, 2.24) is 0 Å². The first-order chi connectivity index (χ1) is 6.82. The predicted octanol–water partition coefficient (Wildman–Crippen LogP) is 2.15. The summed E-state index contributed by atoms with van der Waals surface area (Å²) in [6.45, 7) is 2.98. The topological polar surface area (TPSA) is 40.5 Å². The minimum absolute atomic E-state index is 0.000741. The lowest BCUT2D eigenvalue weighted by Gasteiger charge is -2.24. The fourth-order valence-electron chi connectivity index (χ4n) is 1.16. The van der Waals surface area contributed by atoms with Crippen LogP contribution in [-0.4, -0.2) is 21.9 Å². The summed E-state index contributed by atoms with van der Waals surface area (Å²) >= 11 is 5.72. The molecule has 0 heterocycles. The molecule has 0 amide bonds. The Labute approximate surface area is 93.3 Å². The van der Waals surface area contributed by atoms with Crippen LogP contribution in [0.1, 0.15) is 19.4 Å². The molecule has 2 nitrogen and oxygen atoms in total. The number of hydrogen-bond acceptors (Lipinski definition) is 2. The van der Waals surface area contributed by atoms with E-state index in [0.717, 1.165) is 0 Å². The van der Waals surface area contributed by atoms with Crippen molar-refractivity contribution >= 4 is 11.6 Å². The normalized spacial score (nSPS) is 14.0. The molecule has 4 heteroatoms. The first-order valence-corrected chi connectivity index (χ1v) is 5.03. The molecule has 0 saturated heterocycles. The second-order valence-electron chi connectivity index (χ2n) is 4.09. The standard InChI is InChI=1S/C11H14ClFO2/c1-11(2,15)9(14)6-7-4-3-5-8(13)10(7)12/h3-5,9,14-15H,6H2,1-2H3. The maximum absolute atomic E-state index is 13.1. The maximum atomic E-state index is 13.1. The Balaban J connectivity index is 2.86. The van der Waals surface area contributed by atoms with E-state index in [1.807, 2.05) is 0 Å². The van der Waals surface area contributed by atoms with Gasteiger partial charge in [-0.2, -0.15) is 0 Å². The second kappa shape index (κ2) is 4.47. The van der Waals surface area contributed by atoms with Gasteiger partial charge in [0.25, 0.3) is 0 Å². The molecule has 1 rings (SSSR count). The van der Waals surface area contributed by atoms with Crippen molar-refractivity contribution in [3.05, 3.63) is 34.6 Å². The Kier molecular flexibility index (Phi) is 3.71. The zero-order valence-corrected chi connectivity index (χ0v) is 9.42. The molecule has 0 aliphatic heterocycles. The minimum Gasteiger partial charge on any atom is -0.390 e. The lowest BCUT2D eigenvalue weighted by molar-refractivity contribution is -0.0469. The highest BCUT2D eigenvalue weighted by Gasteiger charge is 2.25. The van der Waals surface area contributed by atoms with Gasteiger partial charge in [0.1, 0.15) is 5.82 Å². The molecular weight excluding hydrogens is 219 g/mol. The number of rotatable bonds is 3. The van der Waals surface area contributed by atoms with Crippen molar-refractivity contribution in [2.24, 2.45) is 0 Å². The largest absolute Gasteiger partial charge is 0.390 e. The molecular formula is C11H14ClFO2. The van der Waals surface area contributed by atoms with Crippen LogP contribution in [0.3, 0.4) is 0 Å². The highest BCUT2D eigenvalue weighted by atomic mass is 35.5.